The summed E-state index contributed by atoms with van der Waals surface area (Å²) >= 11 is 0. The minimum absolute atomic E-state index is 0.0867. The van der Waals surface area contributed by atoms with Crippen LogP contribution in [0, 0.1) is 11.8 Å². The van der Waals surface area contributed by atoms with Gasteiger partial charge in [-0.15, -0.1) is 0 Å². The van der Waals surface area contributed by atoms with Gasteiger partial charge in [-0.1, -0.05) is 13.8 Å². The Hall–Kier alpha value is -0.570. The SMILES string of the molecule is CC(C)C(=O)N1CCC(C(C)(C)O)CC1. The van der Waals surface area contributed by atoms with Crippen LogP contribution in [-0.2, 0) is 4.79 Å². The van der Waals surface area contributed by atoms with E-state index in [4.69, 9.17) is 0 Å². The molecule has 1 fully saturated rings. The van der Waals surface area contributed by atoms with Crippen LogP contribution in [0.4, 0.5) is 0 Å². The maximum Gasteiger partial charge on any atom is 0.225 e. The number of likely N-dealkylation sites (tertiary alicyclic amines) is 1. The third-order valence-corrected chi connectivity index (χ3v) is 3.30. The van der Waals surface area contributed by atoms with Crippen molar-refractivity contribution < 1.29 is 9.90 Å². The monoisotopic (exact) mass is 213 g/mol. The highest BCUT2D eigenvalue weighted by molar-refractivity contribution is 5.78. The summed E-state index contributed by atoms with van der Waals surface area (Å²) in [5.74, 6) is 0.654. The van der Waals surface area contributed by atoms with Gasteiger partial charge in [0.05, 0.1) is 5.60 Å². The third-order valence-electron chi connectivity index (χ3n) is 3.30. The van der Waals surface area contributed by atoms with Crippen LogP contribution in [0.25, 0.3) is 0 Å². The van der Waals surface area contributed by atoms with E-state index in [1.54, 1.807) is 0 Å². The summed E-state index contributed by atoms with van der Waals surface area (Å²) in [7, 11) is 0. The van der Waals surface area contributed by atoms with Gasteiger partial charge < -0.3 is 10.0 Å². The molecule has 0 atom stereocenters. The Labute approximate surface area is 92.5 Å². The second-order valence-electron chi connectivity index (χ2n) is 5.41. The van der Waals surface area contributed by atoms with Crippen LogP contribution in [0.5, 0.6) is 0 Å². The lowest BCUT2D eigenvalue weighted by Gasteiger charge is -2.38. The first kappa shape index (κ1) is 12.5. The van der Waals surface area contributed by atoms with Gasteiger partial charge in [0.25, 0.3) is 0 Å². The molecule has 88 valence electrons. The van der Waals surface area contributed by atoms with E-state index in [2.05, 4.69) is 0 Å². The topological polar surface area (TPSA) is 40.5 Å². The van der Waals surface area contributed by atoms with Crippen LogP contribution < -0.4 is 0 Å². The number of nitrogens with zero attached hydrogens (tertiary/aromatic N) is 1. The molecule has 1 aliphatic heterocycles. The third kappa shape index (κ3) is 3.20. The van der Waals surface area contributed by atoms with Gasteiger partial charge in [0.1, 0.15) is 0 Å². The predicted molar refractivity (Wildman–Crippen MR) is 60.4 cm³/mol. The summed E-state index contributed by atoms with van der Waals surface area (Å²) in [5.41, 5.74) is -0.604. The van der Waals surface area contributed by atoms with Gasteiger partial charge >= 0.3 is 0 Å². The molecule has 1 N–H and O–H groups in total. The molecular formula is C12H23NO2. The standard InChI is InChI=1S/C12H23NO2/c1-9(2)11(14)13-7-5-10(6-8-13)12(3,4)15/h9-10,15H,5-8H2,1-4H3. The van der Waals surface area contributed by atoms with Crippen LogP contribution in [0.1, 0.15) is 40.5 Å². The summed E-state index contributed by atoms with van der Waals surface area (Å²) in [4.78, 5) is 13.6. The average Bonchev–Trinajstić information content (AvgIpc) is 2.15. The number of carbonyl (C=O) groups excluding carboxylic acids is 1. The molecule has 15 heavy (non-hydrogen) atoms. The molecule has 0 saturated carbocycles. The molecule has 0 aromatic carbocycles. The van der Waals surface area contributed by atoms with Crippen molar-refractivity contribution in [1.82, 2.24) is 4.90 Å². The predicted octanol–water partition coefficient (Wildman–Crippen LogP) is 1.65. The molecule has 0 unspecified atom stereocenters. The highest BCUT2D eigenvalue weighted by Crippen LogP contribution is 2.28. The van der Waals surface area contributed by atoms with Gasteiger partial charge in [-0.25, -0.2) is 0 Å². The van der Waals surface area contributed by atoms with Gasteiger partial charge in [-0.3, -0.25) is 4.79 Å². The van der Waals surface area contributed by atoms with Crippen molar-refractivity contribution in [3.63, 3.8) is 0 Å². The first-order chi connectivity index (χ1) is 6.82. The van der Waals surface area contributed by atoms with Crippen molar-refractivity contribution >= 4 is 5.91 Å². The molecule has 0 radical (unpaired) electrons. The second kappa shape index (κ2) is 4.52. The number of rotatable bonds is 2. The van der Waals surface area contributed by atoms with Crippen LogP contribution in [0.2, 0.25) is 0 Å². The fourth-order valence-corrected chi connectivity index (χ4v) is 2.17. The Kier molecular flexibility index (Phi) is 3.77. The molecule has 1 heterocycles. The van der Waals surface area contributed by atoms with E-state index in [-0.39, 0.29) is 11.8 Å². The highest BCUT2D eigenvalue weighted by atomic mass is 16.3. The summed E-state index contributed by atoms with van der Waals surface area (Å²) in [6.07, 6.45) is 1.84. The van der Waals surface area contributed by atoms with Crippen LogP contribution >= 0.6 is 0 Å². The average molecular weight is 213 g/mol. The molecule has 1 aliphatic rings. The van der Waals surface area contributed by atoms with Crippen molar-refractivity contribution in [2.75, 3.05) is 13.1 Å². The van der Waals surface area contributed by atoms with E-state index in [1.165, 1.54) is 0 Å². The maximum atomic E-state index is 11.7. The molecular weight excluding hydrogens is 190 g/mol. The zero-order valence-electron chi connectivity index (χ0n) is 10.3. The van der Waals surface area contributed by atoms with Gasteiger partial charge in [0.2, 0.25) is 5.91 Å². The highest BCUT2D eigenvalue weighted by Gasteiger charge is 2.32. The van der Waals surface area contributed by atoms with Crippen molar-refractivity contribution in [3.8, 4) is 0 Å². The van der Waals surface area contributed by atoms with Gasteiger partial charge in [-0.2, -0.15) is 0 Å². The number of hydrogen-bond acceptors (Lipinski definition) is 2. The van der Waals surface area contributed by atoms with E-state index >= 15 is 0 Å². The molecule has 3 nitrogen and oxygen atoms in total. The summed E-state index contributed by atoms with van der Waals surface area (Å²) in [6, 6.07) is 0. The zero-order valence-corrected chi connectivity index (χ0v) is 10.3. The fourth-order valence-electron chi connectivity index (χ4n) is 2.17. The summed E-state index contributed by atoms with van der Waals surface area (Å²) in [5, 5.41) is 9.87. The van der Waals surface area contributed by atoms with E-state index < -0.39 is 5.60 Å². The lowest BCUT2D eigenvalue weighted by atomic mass is 9.83. The minimum Gasteiger partial charge on any atom is -0.390 e. The van der Waals surface area contributed by atoms with Gasteiger partial charge in [-0.05, 0) is 32.6 Å². The summed E-state index contributed by atoms with van der Waals surface area (Å²) < 4.78 is 0. The molecule has 3 heteroatoms. The number of carbonyl (C=O) groups is 1. The van der Waals surface area contributed by atoms with Crippen molar-refractivity contribution in [2.45, 2.75) is 46.1 Å². The molecule has 1 amide bonds. The quantitative estimate of drug-likeness (QED) is 0.757. The Morgan fingerprint density at radius 2 is 1.80 bits per heavy atom. The van der Waals surface area contributed by atoms with Crippen LogP contribution in [0.15, 0.2) is 0 Å². The number of hydrogen-bond donors (Lipinski definition) is 1. The smallest absolute Gasteiger partial charge is 0.225 e. The van der Waals surface area contributed by atoms with Crippen molar-refractivity contribution in [3.05, 3.63) is 0 Å². The Morgan fingerprint density at radius 1 is 1.33 bits per heavy atom. The van der Waals surface area contributed by atoms with Gasteiger partial charge in [0, 0.05) is 19.0 Å². The molecule has 0 aromatic heterocycles. The molecule has 0 bridgehead atoms. The largest absolute Gasteiger partial charge is 0.390 e. The Morgan fingerprint density at radius 3 is 2.13 bits per heavy atom. The van der Waals surface area contributed by atoms with Gasteiger partial charge in [0.15, 0.2) is 0 Å². The number of piperidine rings is 1. The summed E-state index contributed by atoms with van der Waals surface area (Å²) in [6.45, 7) is 9.18. The van der Waals surface area contributed by atoms with E-state index in [0.717, 1.165) is 25.9 Å². The molecule has 1 saturated heterocycles. The lowest BCUT2D eigenvalue weighted by molar-refractivity contribution is -0.137. The lowest BCUT2D eigenvalue weighted by Crippen LogP contribution is -2.45. The molecule has 0 spiro atoms. The second-order valence-corrected chi connectivity index (χ2v) is 5.41. The number of aliphatic hydroxyl groups is 1. The molecule has 0 aliphatic carbocycles. The van der Waals surface area contributed by atoms with E-state index in [0.29, 0.717) is 5.92 Å². The van der Waals surface area contributed by atoms with Crippen LogP contribution in [0.3, 0.4) is 0 Å². The van der Waals surface area contributed by atoms with Crippen molar-refractivity contribution in [1.29, 1.82) is 0 Å². The van der Waals surface area contributed by atoms with Crippen molar-refractivity contribution in [2.24, 2.45) is 11.8 Å². The first-order valence-electron chi connectivity index (χ1n) is 5.83. The fraction of sp³-hybridized carbons (Fsp3) is 0.917. The van der Waals surface area contributed by atoms with Crippen LogP contribution in [-0.4, -0.2) is 34.6 Å². The minimum atomic E-state index is -0.604. The molecule has 0 aromatic rings. The van der Waals surface area contributed by atoms with E-state index in [1.807, 2.05) is 32.6 Å². The Bertz CT molecular complexity index is 222. The number of amides is 1. The maximum absolute atomic E-state index is 11.7. The molecule has 1 rings (SSSR count). The Balaban J connectivity index is 2.46. The first-order valence-corrected chi connectivity index (χ1v) is 5.83. The normalized spacial score (nSPS) is 19.7. The zero-order chi connectivity index (χ0) is 11.6. The van der Waals surface area contributed by atoms with E-state index in [9.17, 15) is 9.90 Å².